The summed E-state index contributed by atoms with van der Waals surface area (Å²) < 4.78 is 6.40. The van der Waals surface area contributed by atoms with Gasteiger partial charge in [0.2, 0.25) is 11.8 Å². The number of hydrogen-bond acceptors (Lipinski definition) is 5. The third kappa shape index (κ3) is 4.44. The van der Waals surface area contributed by atoms with Crippen molar-refractivity contribution in [3.8, 4) is 5.75 Å². The number of rotatable bonds is 5. The summed E-state index contributed by atoms with van der Waals surface area (Å²) in [6.07, 6.45) is 0. The number of benzene rings is 1. The third-order valence-corrected chi connectivity index (χ3v) is 4.26. The number of hydrogen-bond donors (Lipinski definition) is 2. The van der Waals surface area contributed by atoms with Crippen molar-refractivity contribution in [2.24, 2.45) is 5.41 Å². The van der Waals surface area contributed by atoms with Gasteiger partial charge in [0.05, 0.1) is 16.8 Å². The summed E-state index contributed by atoms with van der Waals surface area (Å²) in [5.41, 5.74) is 0.255. The molecule has 0 saturated heterocycles. The second-order valence-corrected chi connectivity index (χ2v) is 7.55. The number of carbonyl (C=O) groups is 2. The molecule has 0 radical (unpaired) electrons. The summed E-state index contributed by atoms with van der Waals surface area (Å²) in [7, 11) is 0. The molecule has 0 saturated carbocycles. The van der Waals surface area contributed by atoms with Crippen LogP contribution in [0, 0.1) is 5.41 Å². The normalized spacial score (nSPS) is 12.7. The summed E-state index contributed by atoms with van der Waals surface area (Å²) in [6, 6.07) is 4.97. The smallest absolute Gasteiger partial charge is 0.248 e. The van der Waals surface area contributed by atoms with Gasteiger partial charge in [0, 0.05) is 5.41 Å². The van der Waals surface area contributed by atoms with Gasteiger partial charge in [0.15, 0.2) is 5.13 Å². The Bertz CT molecular complexity index is 749. The number of aromatic nitrogens is 1. The standard InChI is InChI=1S/C17H23N3O3S/c1-6-23-11-7-8-12-13(9-11)24-16(19-12)20-14(21)10(2)18-15(22)17(3,4)5/h7-10H,6H2,1-5H3,(H,18,22)(H,19,20,21)/t10-/m0/s1. The molecule has 0 aliphatic rings. The minimum Gasteiger partial charge on any atom is -0.494 e. The van der Waals surface area contributed by atoms with Crippen molar-refractivity contribution in [1.29, 1.82) is 0 Å². The molecular formula is C17H23N3O3S. The number of ether oxygens (including phenoxy) is 1. The zero-order valence-corrected chi connectivity index (χ0v) is 15.4. The van der Waals surface area contributed by atoms with Crippen LogP contribution in [0.2, 0.25) is 0 Å². The van der Waals surface area contributed by atoms with Crippen LogP contribution in [0.1, 0.15) is 34.6 Å². The van der Waals surface area contributed by atoms with Crippen LogP contribution < -0.4 is 15.4 Å². The van der Waals surface area contributed by atoms with E-state index in [1.165, 1.54) is 11.3 Å². The van der Waals surface area contributed by atoms with Crippen molar-refractivity contribution in [3.05, 3.63) is 18.2 Å². The summed E-state index contributed by atoms with van der Waals surface area (Å²) in [6.45, 7) is 9.58. The lowest BCUT2D eigenvalue weighted by Crippen LogP contribution is -2.46. The molecule has 1 atom stereocenters. The predicted molar refractivity (Wildman–Crippen MR) is 96.5 cm³/mol. The molecule has 0 fully saturated rings. The maximum atomic E-state index is 12.2. The lowest BCUT2D eigenvalue weighted by Gasteiger charge is -2.21. The van der Waals surface area contributed by atoms with Crippen LogP contribution >= 0.6 is 11.3 Å². The first-order valence-electron chi connectivity index (χ1n) is 7.86. The highest BCUT2D eigenvalue weighted by molar-refractivity contribution is 7.22. The van der Waals surface area contributed by atoms with Crippen molar-refractivity contribution >= 4 is 38.5 Å². The molecule has 6 nitrogen and oxygen atoms in total. The van der Waals surface area contributed by atoms with Crippen LogP contribution in [0.5, 0.6) is 5.75 Å². The fourth-order valence-electron chi connectivity index (χ4n) is 1.91. The van der Waals surface area contributed by atoms with Gasteiger partial charge in [-0.15, -0.1) is 0 Å². The topological polar surface area (TPSA) is 80.3 Å². The van der Waals surface area contributed by atoms with E-state index in [2.05, 4.69) is 15.6 Å². The van der Waals surface area contributed by atoms with E-state index in [0.29, 0.717) is 11.7 Å². The Labute approximate surface area is 145 Å². The van der Waals surface area contributed by atoms with Crippen molar-refractivity contribution in [1.82, 2.24) is 10.3 Å². The Hall–Kier alpha value is -2.15. The summed E-state index contributed by atoms with van der Waals surface area (Å²) in [4.78, 5) is 28.6. The van der Waals surface area contributed by atoms with Crippen LogP contribution in [0.4, 0.5) is 5.13 Å². The molecule has 7 heteroatoms. The monoisotopic (exact) mass is 349 g/mol. The number of thiazole rings is 1. The second kappa shape index (κ2) is 7.17. The number of fused-ring (bicyclic) bond motifs is 1. The van der Waals surface area contributed by atoms with Gasteiger partial charge in [-0.1, -0.05) is 32.1 Å². The van der Waals surface area contributed by atoms with Crippen LogP contribution in [0.3, 0.4) is 0 Å². The Morgan fingerprint density at radius 2 is 2.04 bits per heavy atom. The lowest BCUT2D eigenvalue weighted by atomic mass is 9.95. The molecule has 2 N–H and O–H groups in total. The fraction of sp³-hybridized carbons (Fsp3) is 0.471. The summed E-state index contributed by atoms with van der Waals surface area (Å²) in [5, 5.41) is 5.96. The zero-order valence-electron chi connectivity index (χ0n) is 14.6. The van der Waals surface area contributed by atoms with E-state index in [9.17, 15) is 9.59 Å². The Balaban J connectivity index is 2.05. The zero-order chi connectivity index (χ0) is 17.9. The third-order valence-electron chi connectivity index (χ3n) is 3.32. The van der Waals surface area contributed by atoms with Crippen LogP contribution in [0.25, 0.3) is 10.2 Å². The van der Waals surface area contributed by atoms with Crippen LogP contribution in [-0.2, 0) is 9.59 Å². The van der Waals surface area contributed by atoms with E-state index in [0.717, 1.165) is 16.0 Å². The highest BCUT2D eigenvalue weighted by Gasteiger charge is 2.25. The lowest BCUT2D eigenvalue weighted by molar-refractivity contribution is -0.131. The summed E-state index contributed by atoms with van der Waals surface area (Å²) in [5.74, 6) is 0.310. The molecule has 24 heavy (non-hydrogen) atoms. The average Bonchev–Trinajstić information content (AvgIpc) is 2.87. The maximum Gasteiger partial charge on any atom is 0.248 e. The molecule has 2 amide bonds. The molecule has 0 spiro atoms. The molecule has 0 bridgehead atoms. The van der Waals surface area contributed by atoms with E-state index >= 15 is 0 Å². The van der Waals surface area contributed by atoms with Gasteiger partial charge in [-0.2, -0.15) is 0 Å². The van der Waals surface area contributed by atoms with Crippen LogP contribution in [0.15, 0.2) is 18.2 Å². The van der Waals surface area contributed by atoms with Crippen molar-refractivity contribution in [3.63, 3.8) is 0 Å². The van der Waals surface area contributed by atoms with Crippen molar-refractivity contribution in [2.75, 3.05) is 11.9 Å². The minimum atomic E-state index is -0.636. The van der Waals surface area contributed by atoms with Crippen molar-refractivity contribution in [2.45, 2.75) is 40.7 Å². The molecular weight excluding hydrogens is 326 g/mol. The van der Waals surface area contributed by atoms with Gasteiger partial charge in [-0.3, -0.25) is 9.59 Å². The number of anilines is 1. The van der Waals surface area contributed by atoms with E-state index in [1.807, 2.05) is 25.1 Å². The highest BCUT2D eigenvalue weighted by Crippen LogP contribution is 2.29. The van der Waals surface area contributed by atoms with Gasteiger partial charge in [-0.25, -0.2) is 4.98 Å². The SMILES string of the molecule is CCOc1ccc2nc(NC(=O)[C@H](C)NC(=O)C(C)(C)C)sc2c1. The molecule has 0 aliphatic carbocycles. The number of carbonyl (C=O) groups excluding carboxylic acids is 2. The largest absolute Gasteiger partial charge is 0.494 e. The summed E-state index contributed by atoms with van der Waals surface area (Å²) >= 11 is 1.37. The molecule has 2 rings (SSSR count). The fourth-order valence-corrected chi connectivity index (χ4v) is 2.80. The molecule has 0 unspecified atom stereocenters. The van der Waals surface area contributed by atoms with Crippen LogP contribution in [-0.4, -0.2) is 29.4 Å². The Morgan fingerprint density at radius 1 is 1.33 bits per heavy atom. The van der Waals surface area contributed by atoms with Gasteiger partial charge in [-0.05, 0) is 32.0 Å². The highest BCUT2D eigenvalue weighted by atomic mass is 32.1. The average molecular weight is 349 g/mol. The van der Waals surface area contributed by atoms with Crippen molar-refractivity contribution < 1.29 is 14.3 Å². The molecule has 1 heterocycles. The predicted octanol–water partition coefficient (Wildman–Crippen LogP) is 3.18. The van der Waals surface area contributed by atoms with E-state index in [-0.39, 0.29) is 11.8 Å². The Kier molecular flexibility index (Phi) is 5.43. The molecule has 130 valence electrons. The first-order chi connectivity index (χ1) is 11.2. The van der Waals surface area contributed by atoms with Gasteiger partial charge in [0.1, 0.15) is 11.8 Å². The molecule has 1 aromatic carbocycles. The quantitative estimate of drug-likeness (QED) is 0.869. The minimum absolute atomic E-state index is 0.171. The number of nitrogens with zero attached hydrogens (tertiary/aromatic N) is 1. The van der Waals surface area contributed by atoms with E-state index < -0.39 is 11.5 Å². The first-order valence-corrected chi connectivity index (χ1v) is 8.67. The second-order valence-electron chi connectivity index (χ2n) is 6.52. The van der Waals surface area contributed by atoms with E-state index in [4.69, 9.17) is 4.74 Å². The van der Waals surface area contributed by atoms with Gasteiger partial charge >= 0.3 is 0 Å². The number of amides is 2. The number of nitrogens with one attached hydrogen (secondary N) is 2. The van der Waals surface area contributed by atoms with Gasteiger partial charge < -0.3 is 15.4 Å². The first kappa shape index (κ1) is 18.2. The molecule has 0 aliphatic heterocycles. The maximum absolute atomic E-state index is 12.2. The van der Waals surface area contributed by atoms with E-state index in [1.54, 1.807) is 27.7 Å². The van der Waals surface area contributed by atoms with Gasteiger partial charge in [0.25, 0.3) is 0 Å². The Morgan fingerprint density at radius 3 is 2.67 bits per heavy atom. The molecule has 1 aromatic heterocycles. The molecule has 2 aromatic rings.